The van der Waals surface area contributed by atoms with Crippen LogP contribution in [0.5, 0.6) is 0 Å². The van der Waals surface area contributed by atoms with Gasteiger partial charge in [-0.1, -0.05) is 68.4 Å². The largest absolute Gasteiger partial charge is 0.300 e. The standard InChI is InChI=1S/C24H32ClN/c1-3-23(26(4-2)19-16-20-8-6-5-7-9-20)15-12-21-10-13-22(14-11-21)24(25)17-18-24/h5-11,13-14,23H,3-4,12,15-19H2,1-2H3. The number of alkyl halides is 1. The van der Waals surface area contributed by atoms with Crippen LogP contribution in [0.3, 0.4) is 0 Å². The van der Waals surface area contributed by atoms with Crippen LogP contribution >= 0.6 is 11.6 Å². The number of halogens is 1. The minimum Gasteiger partial charge on any atom is -0.300 e. The Labute approximate surface area is 164 Å². The molecular weight excluding hydrogens is 338 g/mol. The Hall–Kier alpha value is -1.31. The Morgan fingerprint density at radius 1 is 0.923 bits per heavy atom. The van der Waals surface area contributed by atoms with Crippen LogP contribution in [-0.4, -0.2) is 24.0 Å². The van der Waals surface area contributed by atoms with E-state index >= 15 is 0 Å². The second-order valence-corrected chi connectivity index (χ2v) is 8.35. The third-order valence-corrected chi connectivity index (χ3v) is 6.45. The van der Waals surface area contributed by atoms with Gasteiger partial charge in [-0.15, -0.1) is 11.6 Å². The maximum absolute atomic E-state index is 6.51. The van der Waals surface area contributed by atoms with E-state index in [0.29, 0.717) is 6.04 Å². The molecule has 1 unspecified atom stereocenters. The number of likely N-dealkylation sites (N-methyl/N-ethyl adjacent to an activating group) is 1. The highest BCUT2D eigenvalue weighted by atomic mass is 35.5. The number of hydrogen-bond acceptors (Lipinski definition) is 1. The van der Waals surface area contributed by atoms with Gasteiger partial charge >= 0.3 is 0 Å². The molecule has 0 bridgehead atoms. The lowest BCUT2D eigenvalue weighted by Crippen LogP contribution is -2.36. The molecule has 0 saturated heterocycles. The lowest BCUT2D eigenvalue weighted by atomic mass is 9.99. The summed E-state index contributed by atoms with van der Waals surface area (Å²) in [5, 5.41) is 0. The molecule has 0 aliphatic heterocycles. The highest BCUT2D eigenvalue weighted by Gasteiger charge is 2.41. The number of nitrogens with zero attached hydrogens (tertiary/aromatic N) is 1. The number of rotatable bonds is 10. The Morgan fingerprint density at radius 2 is 1.58 bits per heavy atom. The van der Waals surface area contributed by atoms with Gasteiger partial charge < -0.3 is 4.90 Å². The molecule has 0 heterocycles. The molecule has 0 aromatic heterocycles. The fourth-order valence-corrected chi connectivity index (χ4v) is 4.08. The van der Waals surface area contributed by atoms with Gasteiger partial charge in [0.15, 0.2) is 0 Å². The molecule has 26 heavy (non-hydrogen) atoms. The van der Waals surface area contributed by atoms with Crippen molar-refractivity contribution in [3.8, 4) is 0 Å². The summed E-state index contributed by atoms with van der Waals surface area (Å²) < 4.78 is 0. The van der Waals surface area contributed by atoms with Gasteiger partial charge in [0.25, 0.3) is 0 Å². The van der Waals surface area contributed by atoms with Crippen molar-refractivity contribution >= 4 is 11.6 Å². The Bertz CT molecular complexity index is 660. The quantitative estimate of drug-likeness (QED) is 0.451. The molecule has 1 saturated carbocycles. The summed E-state index contributed by atoms with van der Waals surface area (Å²) in [6.07, 6.45) is 6.97. The first kappa shape index (κ1) is 19.5. The summed E-state index contributed by atoms with van der Waals surface area (Å²) in [4.78, 5) is 2.61. The maximum Gasteiger partial charge on any atom is 0.0696 e. The van der Waals surface area contributed by atoms with Crippen molar-refractivity contribution in [1.82, 2.24) is 4.90 Å². The molecule has 0 radical (unpaired) electrons. The Morgan fingerprint density at radius 3 is 2.15 bits per heavy atom. The first-order valence-corrected chi connectivity index (χ1v) is 10.6. The van der Waals surface area contributed by atoms with Crippen molar-refractivity contribution in [2.45, 2.75) is 63.3 Å². The van der Waals surface area contributed by atoms with Crippen molar-refractivity contribution < 1.29 is 0 Å². The van der Waals surface area contributed by atoms with E-state index in [-0.39, 0.29) is 4.87 Å². The normalized spacial score (nSPS) is 16.6. The van der Waals surface area contributed by atoms with Crippen LogP contribution in [0, 0.1) is 0 Å². The fraction of sp³-hybridized carbons (Fsp3) is 0.500. The molecule has 2 aromatic rings. The van der Waals surface area contributed by atoms with E-state index in [9.17, 15) is 0 Å². The van der Waals surface area contributed by atoms with Crippen LogP contribution in [0.2, 0.25) is 0 Å². The van der Waals surface area contributed by atoms with E-state index in [4.69, 9.17) is 11.6 Å². The lowest BCUT2D eigenvalue weighted by Gasteiger charge is -2.30. The highest BCUT2D eigenvalue weighted by Crippen LogP contribution is 2.51. The summed E-state index contributed by atoms with van der Waals surface area (Å²) in [6.45, 7) is 6.88. The van der Waals surface area contributed by atoms with Crippen molar-refractivity contribution in [1.29, 1.82) is 0 Å². The number of benzene rings is 2. The molecule has 0 N–H and O–H groups in total. The van der Waals surface area contributed by atoms with E-state index in [0.717, 1.165) is 38.8 Å². The number of aryl methyl sites for hydroxylation is 1. The Kier molecular flexibility index (Phi) is 6.78. The average molecular weight is 370 g/mol. The van der Waals surface area contributed by atoms with Gasteiger partial charge in [-0.2, -0.15) is 0 Å². The summed E-state index contributed by atoms with van der Waals surface area (Å²) in [6, 6.07) is 20.5. The van der Waals surface area contributed by atoms with Crippen molar-refractivity contribution in [3.05, 3.63) is 71.3 Å². The third-order valence-electron chi connectivity index (χ3n) is 5.85. The van der Waals surface area contributed by atoms with Crippen LogP contribution in [0.4, 0.5) is 0 Å². The zero-order valence-corrected chi connectivity index (χ0v) is 17.0. The second kappa shape index (κ2) is 9.06. The molecule has 1 aliphatic rings. The first-order chi connectivity index (χ1) is 12.6. The molecule has 1 atom stereocenters. The van der Waals surface area contributed by atoms with Crippen LogP contribution in [0.25, 0.3) is 0 Å². The predicted octanol–water partition coefficient (Wildman–Crippen LogP) is 6.19. The average Bonchev–Trinajstić information content (AvgIpc) is 3.44. The molecule has 140 valence electrons. The van der Waals surface area contributed by atoms with E-state index in [2.05, 4.69) is 73.3 Å². The van der Waals surface area contributed by atoms with Crippen molar-refractivity contribution in [3.63, 3.8) is 0 Å². The van der Waals surface area contributed by atoms with Gasteiger partial charge in [-0.05, 0) is 61.8 Å². The number of hydrogen-bond donors (Lipinski definition) is 0. The van der Waals surface area contributed by atoms with Gasteiger partial charge in [-0.25, -0.2) is 0 Å². The SMILES string of the molecule is CCC(CCc1ccc(C2(Cl)CC2)cc1)N(CC)CCc1ccccc1. The monoisotopic (exact) mass is 369 g/mol. The van der Waals surface area contributed by atoms with E-state index < -0.39 is 0 Å². The summed E-state index contributed by atoms with van der Waals surface area (Å²) in [7, 11) is 0. The fourth-order valence-electron chi connectivity index (χ4n) is 3.86. The second-order valence-electron chi connectivity index (χ2n) is 7.63. The van der Waals surface area contributed by atoms with Crippen LogP contribution < -0.4 is 0 Å². The van der Waals surface area contributed by atoms with Gasteiger partial charge in [0, 0.05) is 12.6 Å². The highest BCUT2D eigenvalue weighted by molar-refractivity contribution is 6.25. The van der Waals surface area contributed by atoms with Crippen LogP contribution in [0.15, 0.2) is 54.6 Å². The third kappa shape index (κ3) is 5.11. The van der Waals surface area contributed by atoms with Crippen molar-refractivity contribution in [2.24, 2.45) is 0 Å². The molecule has 2 heteroatoms. The Balaban J connectivity index is 1.52. The molecule has 1 fully saturated rings. The van der Waals surface area contributed by atoms with Gasteiger partial charge in [0.2, 0.25) is 0 Å². The van der Waals surface area contributed by atoms with Gasteiger partial charge in [0.05, 0.1) is 4.87 Å². The molecule has 1 nitrogen and oxygen atoms in total. The van der Waals surface area contributed by atoms with E-state index in [1.807, 2.05) is 0 Å². The minimum absolute atomic E-state index is 0.0407. The zero-order chi connectivity index (χ0) is 18.4. The smallest absolute Gasteiger partial charge is 0.0696 e. The topological polar surface area (TPSA) is 3.24 Å². The van der Waals surface area contributed by atoms with E-state index in [1.54, 1.807) is 0 Å². The minimum atomic E-state index is -0.0407. The molecule has 3 rings (SSSR count). The summed E-state index contributed by atoms with van der Waals surface area (Å²) in [5.41, 5.74) is 4.17. The van der Waals surface area contributed by atoms with Crippen LogP contribution in [0.1, 0.15) is 56.2 Å². The molecule has 1 aliphatic carbocycles. The summed E-state index contributed by atoms with van der Waals surface area (Å²) >= 11 is 6.51. The predicted molar refractivity (Wildman–Crippen MR) is 113 cm³/mol. The van der Waals surface area contributed by atoms with Crippen molar-refractivity contribution in [2.75, 3.05) is 13.1 Å². The van der Waals surface area contributed by atoms with Crippen LogP contribution in [-0.2, 0) is 17.7 Å². The molecule has 0 spiro atoms. The van der Waals surface area contributed by atoms with E-state index in [1.165, 1.54) is 29.5 Å². The lowest BCUT2D eigenvalue weighted by molar-refractivity contribution is 0.193. The van der Waals surface area contributed by atoms with Gasteiger partial charge in [-0.3, -0.25) is 0 Å². The molecular formula is C24H32ClN. The zero-order valence-electron chi connectivity index (χ0n) is 16.3. The molecule has 0 amide bonds. The first-order valence-electron chi connectivity index (χ1n) is 10.2. The molecule has 2 aromatic carbocycles. The maximum atomic E-state index is 6.51. The van der Waals surface area contributed by atoms with Gasteiger partial charge in [0.1, 0.15) is 0 Å². The summed E-state index contributed by atoms with van der Waals surface area (Å²) in [5.74, 6) is 0.